The summed E-state index contributed by atoms with van der Waals surface area (Å²) in [6, 6.07) is 0.197. The van der Waals surface area contributed by atoms with Gasteiger partial charge in [0, 0.05) is 19.1 Å². The highest BCUT2D eigenvalue weighted by atomic mass is 16.5. The van der Waals surface area contributed by atoms with Crippen LogP contribution in [0.2, 0.25) is 0 Å². The van der Waals surface area contributed by atoms with E-state index in [0.29, 0.717) is 0 Å². The van der Waals surface area contributed by atoms with E-state index in [4.69, 9.17) is 15.2 Å². The first-order valence-corrected chi connectivity index (χ1v) is 4.57. The summed E-state index contributed by atoms with van der Waals surface area (Å²) < 4.78 is 10.8. The number of nitrogens with zero attached hydrogens (tertiary/aromatic N) is 1. The third kappa shape index (κ3) is 1.61. The van der Waals surface area contributed by atoms with E-state index in [1.165, 1.54) is 0 Å². The molecule has 70 valence electrons. The fourth-order valence-electron chi connectivity index (χ4n) is 1.80. The van der Waals surface area contributed by atoms with Crippen LogP contribution in [-0.4, -0.2) is 50.1 Å². The Labute approximate surface area is 72.6 Å². The Balaban J connectivity index is 1.89. The van der Waals surface area contributed by atoms with Crippen molar-refractivity contribution < 1.29 is 9.47 Å². The van der Waals surface area contributed by atoms with Crippen molar-refractivity contribution in [3.63, 3.8) is 0 Å². The minimum atomic E-state index is 0.147. The summed E-state index contributed by atoms with van der Waals surface area (Å²) in [5.74, 6) is 0. The molecule has 2 unspecified atom stereocenters. The van der Waals surface area contributed by atoms with Crippen LogP contribution in [0, 0.1) is 0 Å². The predicted octanol–water partition coefficient (Wildman–Crippen LogP) is -0.608. The maximum Gasteiger partial charge on any atom is 0.126 e. The van der Waals surface area contributed by atoms with Crippen molar-refractivity contribution in [2.24, 2.45) is 5.73 Å². The van der Waals surface area contributed by atoms with Crippen LogP contribution in [0.3, 0.4) is 0 Å². The molecule has 2 rings (SSSR count). The van der Waals surface area contributed by atoms with Crippen LogP contribution < -0.4 is 5.73 Å². The monoisotopic (exact) mass is 172 g/mol. The van der Waals surface area contributed by atoms with Crippen molar-refractivity contribution in [2.75, 3.05) is 32.9 Å². The van der Waals surface area contributed by atoms with Crippen LogP contribution >= 0.6 is 0 Å². The molecule has 0 spiro atoms. The molecular formula is C8H16N2O2. The zero-order valence-electron chi connectivity index (χ0n) is 7.24. The zero-order chi connectivity index (χ0) is 8.39. The summed E-state index contributed by atoms with van der Waals surface area (Å²) in [6.07, 6.45) is 1.14. The van der Waals surface area contributed by atoms with Crippen LogP contribution in [0.1, 0.15) is 6.42 Å². The highest BCUT2D eigenvalue weighted by Gasteiger charge is 2.31. The molecule has 4 heteroatoms. The molecule has 2 fully saturated rings. The Bertz CT molecular complexity index is 148. The lowest BCUT2D eigenvalue weighted by atomic mass is 10.2. The summed E-state index contributed by atoms with van der Waals surface area (Å²) in [6.45, 7) is 4.35. The van der Waals surface area contributed by atoms with Crippen LogP contribution in [0.5, 0.6) is 0 Å². The van der Waals surface area contributed by atoms with Gasteiger partial charge in [-0.1, -0.05) is 0 Å². The standard InChI is InChI=1S/C8H16N2O2/c9-7-1-4-12-8(7)10-2-5-11-6-3-10/h7-8H,1-6,9H2. The largest absolute Gasteiger partial charge is 0.379 e. The lowest BCUT2D eigenvalue weighted by Crippen LogP contribution is -2.50. The van der Waals surface area contributed by atoms with E-state index in [2.05, 4.69) is 4.90 Å². The minimum Gasteiger partial charge on any atom is -0.379 e. The van der Waals surface area contributed by atoms with Gasteiger partial charge in [-0.05, 0) is 6.42 Å². The number of hydrogen-bond donors (Lipinski definition) is 1. The summed E-state index contributed by atoms with van der Waals surface area (Å²) in [4.78, 5) is 2.28. The van der Waals surface area contributed by atoms with Gasteiger partial charge in [0.2, 0.25) is 0 Å². The van der Waals surface area contributed by atoms with Crippen molar-refractivity contribution >= 4 is 0 Å². The Morgan fingerprint density at radius 2 is 1.92 bits per heavy atom. The van der Waals surface area contributed by atoms with E-state index in [1.807, 2.05) is 0 Å². The number of nitrogens with two attached hydrogens (primary N) is 1. The summed E-state index contributed by atoms with van der Waals surface area (Å²) >= 11 is 0. The molecule has 2 aliphatic rings. The SMILES string of the molecule is NC1CCOC1N1CCOCC1. The number of hydrogen-bond acceptors (Lipinski definition) is 4. The molecule has 2 saturated heterocycles. The van der Waals surface area contributed by atoms with Gasteiger partial charge in [0.1, 0.15) is 6.23 Å². The van der Waals surface area contributed by atoms with E-state index < -0.39 is 0 Å². The molecule has 0 aromatic carbocycles. The number of rotatable bonds is 1. The molecule has 0 bridgehead atoms. The van der Waals surface area contributed by atoms with Crippen molar-refractivity contribution in [2.45, 2.75) is 18.7 Å². The van der Waals surface area contributed by atoms with Crippen molar-refractivity contribution in [3.8, 4) is 0 Å². The van der Waals surface area contributed by atoms with Crippen LogP contribution in [0.25, 0.3) is 0 Å². The molecule has 12 heavy (non-hydrogen) atoms. The minimum absolute atomic E-state index is 0.147. The predicted molar refractivity (Wildman–Crippen MR) is 44.7 cm³/mol. The summed E-state index contributed by atoms with van der Waals surface area (Å²) in [5.41, 5.74) is 5.90. The van der Waals surface area contributed by atoms with Gasteiger partial charge in [-0.2, -0.15) is 0 Å². The lowest BCUT2D eigenvalue weighted by molar-refractivity contribution is -0.0739. The zero-order valence-corrected chi connectivity index (χ0v) is 7.24. The topological polar surface area (TPSA) is 47.7 Å². The van der Waals surface area contributed by atoms with Gasteiger partial charge in [0.15, 0.2) is 0 Å². The molecular weight excluding hydrogens is 156 g/mol. The maximum absolute atomic E-state index is 5.90. The van der Waals surface area contributed by atoms with Crippen molar-refractivity contribution in [1.82, 2.24) is 4.90 Å². The second-order valence-corrected chi connectivity index (χ2v) is 3.36. The Kier molecular flexibility index (Phi) is 2.60. The number of morpholine rings is 1. The first-order chi connectivity index (χ1) is 5.88. The third-order valence-corrected chi connectivity index (χ3v) is 2.51. The summed E-state index contributed by atoms with van der Waals surface area (Å²) in [7, 11) is 0. The van der Waals surface area contributed by atoms with Gasteiger partial charge in [-0.25, -0.2) is 0 Å². The van der Waals surface area contributed by atoms with E-state index in [-0.39, 0.29) is 12.3 Å². The van der Waals surface area contributed by atoms with Gasteiger partial charge < -0.3 is 15.2 Å². The van der Waals surface area contributed by atoms with Crippen LogP contribution in [0.15, 0.2) is 0 Å². The molecule has 0 aromatic rings. The fraction of sp³-hybridized carbons (Fsp3) is 1.00. The molecule has 0 radical (unpaired) electrons. The van der Waals surface area contributed by atoms with Crippen LogP contribution in [-0.2, 0) is 9.47 Å². The first kappa shape index (κ1) is 8.44. The van der Waals surface area contributed by atoms with E-state index in [0.717, 1.165) is 39.3 Å². The number of ether oxygens (including phenoxy) is 2. The molecule has 0 amide bonds. The Hall–Kier alpha value is -0.160. The van der Waals surface area contributed by atoms with Crippen molar-refractivity contribution in [3.05, 3.63) is 0 Å². The molecule has 2 atom stereocenters. The molecule has 0 aromatic heterocycles. The maximum atomic E-state index is 5.90. The molecule has 0 aliphatic carbocycles. The van der Waals surface area contributed by atoms with E-state index in [1.54, 1.807) is 0 Å². The third-order valence-electron chi connectivity index (χ3n) is 2.51. The Morgan fingerprint density at radius 1 is 1.17 bits per heavy atom. The van der Waals surface area contributed by atoms with E-state index in [9.17, 15) is 0 Å². The highest BCUT2D eigenvalue weighted by Crippen LogP contribution is 2.16. The van der Waals surface area contributed by atoms with Gasteiger partial charge in [0.05, 0.1) is 19.8 Å². The average molecular weight is 172 g/mol. The Morgan fingerprint density at radius 3 is 2.50 bits per heavy atom. The molecule has 2 heterocycles. The normalized spacial score (nSPS) is 38.8. The fourth-order valence-corrected chi connectivity index (χ4v) is 1.80. The van der Waals surface area contributed by atoms with Gasteiger partial charge >= 0.3 is 0 Å². The smallest absolute Gasteiger partial charge is 0.126 e. The van der Waals surface area contributed by atoms with E-state index >= 15 is 0 Å². The molecule has 2 aliphatic heterocycles. The second kappa shape index (κ2) is 3.70. The quantitative estimate of drug-likeness (QED) is 0.573. The highest BCUT2D eigenvalue weighted by molar-refractivity contribution is 4.80. The summed E-state index contributed by atoms with van der Waals surface area (Å²) in [5, 5.41) is 0. The van der Waals surface area contributed by atoms with Gasteiger partial charge in [-0.3, -0.25) is 4.90 Å². The van der Waals surface area contributed by atoms with Crippen LogP contribution in [0.4, 0.5) is 0 Å². The van der Waals surface area contributed by atoms with Gasteiger partial charge in [0.25, 0.3) is 0 Å². The van der Waals surface area contributed by atoms with Gasteiger partial charge in [-0.15, -0.1) is 0 Å². The average Bonchev–Trinajstić information content (AvgIpc) is 2.53. The molecule has 2 N–H and O–H groups in total. The first-order valence-electron chi connectivity index (χ1n) is 4.57. The lowest BCUT2D eigenvalue weighted by Gasteiger charge is -2.33. The van der Waals surface area contributed by atoms with Crippen molar-refractivity contribution in [1.29, 1.82) is 0 Å². The molecule has 0 saturated carbocycles. The molecule has 4 nitrogen and oxygen atoms in total. The second-order valence-electron chi connectivity index (χ2n) is 3.36.